The molecular weight excluding hydrogens is 604 g/mol. The van der Waals surface area contributed by atoms with Gasteiger partial charge in [-0.25, -0.2) is 0 Å². The lowest BCUT2D eigenvalue weighted by atomic mass is 9.90. The fraction of sp³-hybridized carbons (Fsp3) is 0.621. The molecule has 9 unspecified atom stereocenters. The Bertz CT molecular complexity index is 1230. The molecule has 16 nitrogen and oxygen atoms in total. The summed E-state index contributed by atoms with van der Waals surface area (Å²) in [6.07, 6.45) is -12.2. The van der Waals surface area contributed by atoms with E-state index in [0.717, 1.165) is 27.7 Å². The van der Waals surface area contributed by atoms with Gasteiger partial charge in [-0.1, -0.05) is 6.07 Å². The molecule has 2 saturated heterocycles. The molecule has 9 atom stereocenters. The maximum Gasteiger partial charge on any atom is 0.303 e. The topological polar surface area (TPSA) is 209 Å². The number of esters is 5. The second-order valence-corrected chi connectivity index (χ2v) is 10.4. The molecule has 45 heavy (non-hydrogen) atoms. The molecule has 16 heteroatoms. The zero-order chi connectivity index (χ0) is 33.4. The average Bonchev–Trinajstić information content (AvgIpc) is 2.94. The number of phenols is 1. The van der Waals surface area contributed by atoms with E-state index in [1.807, 2.05) is 0 Å². The number of aliphatic hydroxyl groups is 1. The number of ether oxygens (including phenoxy) is 9. The zero-order valence-corrected chi connectivity index (χ0v) is 25.7. The average molecular weight is 643 g/mol. The molecule has 0 bridgehead atoms. The van der Waals surface area contributed by atoms with Crippen LogP contribution < -0.4 is 4.74 Å². The Morgan fingerprint density at radius 3 is 1.96 bits per heavy atom. The molecule has 0 saturated carbocycles. The van der Waals surface area contributed by atoms with Gasteiger partial charge in [0.25, 0.3) is 0 Å². The van der Waals surface area contributed by atoms with Gasteiger partial charge >= 0.3 is 29.8 Å². The predicted molar refractivity (Wildman–Crippen MR) is 146 cm³/mol. The summed E-state index contributed by atoms with van der Waals surface area (Å²) in [4.78, 5) is 59.5. The van der Waals surface area contributed by atoms with Crippen molar-refractivity contribution >= 4 is 29.8 Å². The Balaban J connectivity index is 2.07. The number of carbonyl (C=O) groups is 5. The van der Waals surface area contributed by atoms with Crippen molar-refractivity contribution in [3.63, 3.8) is 0 Å². The van der Waals surface area contributed by atoms with Gasteiger partial charge in [0.05, 0.1) is 13.2 Å². The Kier molecular flexibility index (Phi) is 12.5. The number of hydrogen-bond donors (Lipinski definition) is 2. The first-order chi connectivity index (χ1) is 21.2. The third-order valence-electron chi connectivity index (χ3n) is 6.78. The monoisotopic (exact) mass is 642 g/mol. The number of methoxy groups -OCH3 is 1. The van der Waals surface area contributed by atoms with E-state index in [1.165, 1.54) is 32.2 Å². The van der Waals surface area contributed by atoms with Crippen LogP contribution in [-0.4, -0.2) is 109 Å². The van der Waals surface area contributed by atoms with Crippen LogP contribution in [0.1, 0.15) is 52.7 Å². The number of benzene rings is 1. The smallest absolute Gasteiger partial charge is 0.303 e. The van der Waals surface area contributed by atoms with E-state index >= 15 is 0 Å². The summed E-state index contributed by atoms with van der Waals surface area (Å²) in [5, 5.41) is 22.1. The predicted octanol–water partition coefficient (Wildman–Crippen LogP) is 0.623. The number of rotatable bonds is 11. The normalized spacial score (nSPS) is 29.5. The van der Waals surface area contributed by atoms with Crippen LogP contribution in [0.3, 0.4) is 0 Å². The molecule has 0 radical (unpaired) electrons. The van der Waals surface area contributed by atoms with Crippen LogP contribution in [0, 0.1) is 0 Å². The van der Waals surface area contributed by atoms with E-state index in [2.05, 4.69) is 0 Å². The minimum Gasteiger partial charge on any atom is -0.504 e. The molecule has 0 amide bonds. The van der Waals surface area contributed by atoms with E-state index in [4.69, 9.17) is 42.6 Å². The van der Waals surface area contributed by atoms with E-state index in [-0.39, 0.29) is 30.1 Å². The maximum absolute atomic E-state index is 12.2. The molecule has 2 aliphatic heterocycles. The van der Waals surface area contributed by atoms with Crippen molar-refractivity contribution in [2.24, 2.45) is 0 Å². The van der Waals surface area contributed by atoms with Gasteiger partial charge in [0, 0.05) is 41.0 Å². The summed E-state index contributed by atoms with van der Waals surface area (Å²) in [6, 6.07) is 4.22. The first-order valence-corrected chi connectivity index (χ1v) is 14.0. The van der Waals surface area contributed by atoms with Crippen molar-refractivity contribution in [2.75, 3.05) is 20.3 Å². The summed E-state index contributed by atoms with van der Waals surface area (Å²) >= 11 is 0. The summed E-state index contributed by atoms with van der Waals surface area (Å²) in [7, 11) is 1.35. The molecule has 0 aromatic heterocycles. The van der Waals surface area contributed by atoms with Gasteiger partial charge < -0.3 is 52.8 Å². The highest BCUT2D eigenvalue weighted by Crippen LogP contribution is 2.40. The van der Waals surface area contributed by atoms with Gasteiger partial charge in [-0.05, 0) is 17.7 Å². The standard InChI is InChI=1S/C29H38O16/c1-13(30)38-11-19-10-22(40-15(3)32)27(42-17(5)34)29(43-19)45-28-24(36)25(18-7-8-21(37-6)20(35)9-18)44-23(12-39-14(2)31)26(28)41-16(4)33/h7-9,19,22-29,35-36H,10-12H2,1-6H3. The van der Waals surface area contributed by atoms with Gasteiger partial charge in [-0.2, -0.15) is 0 Å². The van der Waals surface area contributed by atoms with Crippen molar-refractivity contribution in [1.29, 1.82) is 0 Å². The van der Waals surface area contributed by atoms with Crippen molar-refractivity contribution in [1.82, 2.24) is 0 Å². The van der Waals surface area contributed by atoms with Crippen molar-refractivity contribution in [2.45, 2.75) is 96.2 Å². The Morgan fingerprint density at radius 2 is 1.40 bits per heavy atom. The van der Waals surface area contributed by atoms with Crippen LogP contribution in [0.5, 0.6) is 11.5 Å². The minimum atomic E-state index is -1.65. The van der Waals surface area contributed by atoms with Crippen LogP contribution in [0.25, 0.3) is 0 Å². The molecule has 2 fully saturated rings. The quantitative estimate of drug-likeness (QED) is 0.250. The molecule has 0 spiro atoms. The Morgan fingerprint density at radius 1 is 0.800 bits per heavy atom. The second kappa shape index (κ2) is 15.8. The maximum atomic E-state index is 12.2. The Labute approximate surface area is 258 Å². The minimum absolute atomic E-state index is 0.0583. The van der Waals surface area contributed by atoms with Crippen molar-refractivity contribution in [3.05, 3.63) is 23.8 Å². The van der Waals surface area contributed by atoms with E-state index in [1.54, 1.807) is 0 Å². The van der Waals surface area contributed by atoms with Gasteiger partial charge in [0.2, 0.25) is 0 Å². The molecule has 2 aliphatic rings. The molecule has 3 rings (SSSR count). The summed E-state index contributed by atoms with van der Waals surface area (Å²) < 4.78 is 49.9. The summed E-state index contributed by atoms with van der Waals surface area (Å²) in [5.74, 6) is -3.72. The summed E-state index contributed by atoms with van der Waals surface area (Å²) in [6.45, 7) is 4.97. The summed E-state index contributed by atoms with van der Waals surface area (Å²) in [5.41, 5.74) is 0.245. The van der Waals surface area contributed by atoms with Crippen molar-refractivity contribution < 1.29 is 76.8 Å². The number of aromatic hydroxyl groups is 1. The third kappa shape index (κ3) is 9.75. The van der Waals surface area contributed by atoms with E-state index < -0.39 is 91.6 Å². The van der Waals surface area contributed by atoms with Crippen LogP contribution in [-0.2, 0) is 61.9 Å². The number of hydrogen-bond acceptors (Lipinski definition) is 16. The van der Waals surface area contributed by atoms with Crippen molar-refractivity contribution in [3.8, 4) is 11.5 Å². The Hall–Kier alpha value is -3.99. The first kappa shape index (κ1) is 35.5. The van der Waals surface area contributed by atoms with Crippen LogP contribution in [0.15, 0.2) is 18.2 Å². The zero-order valence-electron chi connectivity index (χ0n) is 25.7. The number of carbonyl (C=O) groups excluding carboxylic acids is 5. The highest BCUT2D eigenvalue weighted by molar-refractivity contribution is 5.68. The van der Waals surface area contributed by atoms with Gasteiger partial charge in [0.1, 0.15) is 43.7 Å². The largest absolute Gasteiger partial charge is 0.504 e. The molecule has 250 valence electrons. The molecule has 2 N–H and O–H groups in total. The fourth-order valence-electron chi connectivity index (χ4n) is 5.03. The van der Waals surface area contributed by atoms with Gasteiger partial charge in [-0.3, -0.25) is 24.0 Å². The lowest BCUT2D eigenvalue weighted by Crippen LogP contribution is -2.62. The highest BCUT2D eigenvalue weighted by Gasteiger charge is 2.53. The first-order valence-electron chi connectivity index (χ1n) is 14.0. The lowest BCUT2D eigenvalue weighted by Gasteiger charge is -2.47. The number of phenolic OH excluding ortho intramolecular Hbond substituents is 1. The molecule has 1 aromatic carbocycles. The van der Waals surface area contributed by atoms with Gasteiger partial charge in [0.15, 0.2) is 30.0 Å². The molecule has 2 heterocycles. The number of aliphatic hydroxyl groups excluding tert-OH is 1. The fourth-order valence-corrected chi connectivity index (χ4v) is 5.03. The van der Waals surface area contributed by atoms with Crippen LogP contribution in [0.4, 0.5) is 0 Å². The van der Waals surface area contributed by atoms with E-state index in [9.17, 15) is 34.2 Å². The van der Waals surface area contributed by atoms with Crippen LogP contribution in [0.2, 0.25) is 0 Å². The SMILES string of the molecule is COc1ccc(C2OC(COC(C)=O)C(OC(C)=O)C(OC3OC(COC(C)=O)CC(OC(C)=O)C3OC(C)=O)C2O)cc1O. The van der Waals surface area contributed by atoms with Gasteiger partial charge in [-0.15, -0.1) is 0 Å². The highest BCUT2D eigenvalue weighted by atomic mass is 16.7. The molecular formula is C29H38O16. The molecule has 0 aliphatic carbocycles. The lowest BCUT2D eigenvalue weighted by molar-refractivity contribution is -0.330. The third-order valence-corrected chi connectivity index (χ3v) is 6.78. The van der Waals surface area contributed by atoms with Crippen LogP contribution >= 0.6 is 0 Å². The van der Waals surface area contributed by atoms with E-state index in [0.29, 0.717) is 0 Å². The molecule has 1 aromatic rings. The second-order valence-electron chi connectivity index (χ2n) is 10.4.